The monoisotopic (exact) mass is 561 g/mol. The summed E-state index contributed by atoms with van der Waals surface area (Å²) in [6, 6.07) is 0. The lowest BCUT2D eigenvalue weighted by Gasteiger charge is -2.25. The number of esters is 2. The van der Waals surface area contributed by atoms with Crippen molar-refractivity contribution in [1.29, 1.82) is 0 Å². The van der Waals surface area contributed by atoms with Gasteiger partial charge in [-0.3, -0.25) is 0 Å². The highest BCUT2D eigenvalue weighted by molar-refractivity contribution is 6.28. The van der Waals surface area contributed by atoms with Crippen LogP contribution in [-0.4, -0.2) is 78.1 Å². The van der Waals surface area contributed by atoms with Gasteiger partial charge in [0.2, 0.25) is 10.6 Å². The lowest BCUT2D eigenvalue weighted by atomic mass is 9.98. The average molecular weight is 562 g/mol. The summed E-state index contributed by atoms with van der Waals surface area (Å²) in [5.41, 5.74) is 5.87. The highest BCUT2D eigenvalue weighted by Crippen LogP contribution is 2.19. The Hall–Kier alpha value is -2.51. The highest BCUT2D eigenvalue weighted by Gasteiger charge is 2.21. The van der Waals surface area contributed by atoms with Gasteiger partial charge in [-0.15, -0.1) is 0 Å². The molecule has 2 aromatic rings. The molecule has 11 nitrogen and oxygen atoms in total. The largest absolute Gasteiger partial charge is 0.461 e. The van der Waals surface area contributed by atoms with E-state index in [2.05, 4.69) is 24.7 Å². The molecule has 0 radical (unpaired) electrons. The van der Waals surface area contributed by atoms with Crippen LogP contribution in [0.1, 0.15) is 46.8 Å². The minimum atomic E-state index is -0.845. The SMILES string of the molecule is CCOC(=O)c1nc(Cl)ncc1CCC1COC1.CCOC(=O)c1nc(Cl)ncc1F.NCC1COC1. The molecule has 2 saturated heterocycles. The molecule has 0 bridgehead atoms. The summed E-state index contributed by atoms with van der Waals surface area (Å²) >= 11 is 11.1. The Labute approximate surface area is 224 Å². The van der Waals surface area contributed by atoms with Gasteiger partial charge in [-0.1, -0.05) is 0 Å². The first-order chi connectivity index (χ1) is 17.8. The second kappa shape index (κ2) is 16.4. The topological polar surface area (TPSA) is 149 Å². The molecule has 0 atom stereocenters. The second-order valence-electron chi connectivity index (χ2n) is 7.87. The predicted octanol–water partition coefficient (Wildman–Crippen LogP) is 2.92. The van der Waals surface area contributed by atoms with Gasteiger partial charge in [0, 0.05) is 23.6 Å². The molecule has 0 aromatic carbocycles. The number of nitrogens with two attached hydrogens (primary N) is 1. The lowest BCUT2D eigenvalue weighted by molar-refractivity contribution is -0.0352. The molecule has 2 N–H and O–H groups in total. The number of aromatic nitrogens is 4. The summed E-state index contributed by atoms with van der Waals surface area (Å²) in [6.45, 7) is 7.99. The van der Waals surface area contributed by atoms with Crippen molar-refractivity contribution in [3.8, 4) is 0 Å². The second-order valence-corrected chi connectivity index (χ2v) is 8.55. The van der Waals surface area contributed by atoms with Crippen molar-refractivity contribution in [2.75, 3.05) is 46.2 Å². The molecule has 4 heterocycles. The van der Waals surface area contributed by atoms with Gasteiger partial charge in [-0.2, -0.15) is 0 Å². The van der Waals surface area contributed by atoms with Gasteiger partial charge in [-0.25, -0.2) is 33.9 Å². The van der Waals surface area contributed by atoms with Crippen molar-refractivity contribution in [2.45, 2.75) is 26.7 Å². The Bertz CT molecular complexity index is 1020. The maximum atomic E-state index is 12.9. The Morgan fingerprint density at radius 1 is 0.946 bits per heavy atom. The van der Waals surface area contributed by atoms with Crippen LogP contribution in [0.5, 0.6) is 0 Å². The van der Waals surface area contributed by atoms with E-state index in [0.717, 1.165) is 57.6 Å². The van der Waals surface area contributed by atoms with Crippen molar-refractivity contribution in [3.63, 3.8) is 0 Å². The number of carbonyl (C=O) groups is 2. The average Bonchev–Trinajstić information content (AvgIpc) is 2.81. The number of hydrogen-bond donors (Lipinski definition) is 1. The number of rotatable bonds is 8. The Morgan fingerprint density at radius 3 is 1.92 bits per heavy atom. The normalized spacial score (nSPS) is 14.6. The number of halogens is 3. The smallest absolute Gasteiger partial charge is 0.360 e. The summed E-state index contributed by atoms with van der Waals surface area (Å²) in [4.78, 5) is 37.4. The molecule has 0 aliphatic carbocycles. The summed E-state index contributed by atoms with van der Waals surface area (Å²) in [7, 11) is 0. The zero-order valence-corrected chi connectivity index (χ0v) is 22.1. The molecule has 4 rings (SSSR count). The fourth-order valence-corrected chi connectivity index (χ4v) is 3.13. The molecule has 2 aromatic heterocycles. The zero-order chi connectivity index (χ0) is 27.2. The molecule has 37 heavy (non-hydrogen) atoms. The van der Waals surface area contributed by atoms with E-state index in [-0.39, 0.29) is 22.9 Å². The molecule has 2 fully saturated rings. The van der Waals surface area contributed by atoms with Gasteiger partial charge in [0.05, 0.1) is 45.8 Å². The minimum Gasteiger partial charge on any atom is -0.461 e. The minimum absolute atomic E-state index is 0.0637. The molecule has 0 spiro atoms. The maximum absolute atomic E-state index is 12.9. The fourth-order valence-electron chi connectivity index (χ4n) is 2.86. The van der Waals surface area contributed by atoms with Crippen LogP contribution in [0.25, 0.3) is 0 Å². The molecule has 2 aliphatic heterocycles. The van der Waals surface area contributed by atoms with Gasteiger partial charge < -0.3 is 24.7 Å². The Balaban J connectivity index is 0.000000220. The number of nitrogens with zero attached hydrogens (tertiary/aromatic N) is 4. The van der Waals surface area contributed by atoms with E-state index in [1.165, 1.54) is 0 Å². The summed E-state index contributed by atoms with van der Waals surface area (Å²) in [5, 5.41) is -0.127. The molecule has 14 heteroatoms. The molecule has 0 saturated carbocycles. The van der Waals surface area contributed by atoms with E-state index >= 15 is 0 Å². The summed E-state index contributed by atoms with van der Waals surface area (Å²) < 4.78 is 32.3. The van der Waals surface area contributed by atoms with E-state index in [4.69, 9.17) is 43.1 Å². The van der Waals surface area contributed by atoms with Crippen molar-refractivity contribution in [1.82, 2.24) is 19.9 Å². The quantitative estimate of drug-likeness (QED) is 0.374. The summed E-state index contributed by atoms with van der Waals surface area (Å²) in [6.07, 6.45) is 4.11. The molecule has 0 amide bonds. The van der Waals surface area contributed by atoms with E-state index < -0.39 is 23.4 Å². The van der Waals surface area contributed by atoms with E-state index in [1.807, 2.05) is 0 Å². The van der Waals surface area contributed by atoms with Crippen LogP contribution in [0.3, 0.4) is 0 Å². The van der Waals surface area contributed by atoms with Gasteiger partial charge in [0.25, 0.3) is 0 Å². The maximum Gasteiger partial charge on any atom is 0.360 e. The molecular weight excluding hydrogens is 532 g/mol. The van der Waals surface area contributed by atoms with Crippen LogP contribution in [0.15, 0.2) is 12.4 Å². The summed E-state index contributed by atoms with van der Waals surface area (Å²) in [5.74, 6) is -0.894. The van der Waals surface area contributed by atoms with Gasteiger partial charge in [-0.05, 0) is 56.4 Å². The van der Waals surface area contributed by atoms with Gasteiger partial charge in [0.15, 0.2) is 17.2 Å². The highest BCUT2D eigenvalue weighted by atomic mass is 35.5. The predicted molar refractivity (Wildman–Crippen MR) is 132 cm³/mol. The van der Waals surface area contributed by atoms with Crippen LogP contribution in [0, 0.1) is 17.7 Å². The zero-order valence-electron chi connectivity index (χ0n) is 20.6. The van der Waals surface area contributed by atoms with Crippen LogP contribution in [0.2, 0.25) is 10.6 Å². The third-order valence-electron chi connectivity index (χ3n) is 5.06. The lowest BCUT2D eigenvalue weighted by Crippen LogP contribution is -2.33. The van der Waals surface area contributed by atoms with E-state index in [9.17, 15) is 14.0 Å². The van der Waals surface area contributed by atoms with Crippen molar-refractivity contribution in [2.24, 2.45) is 17.6 Å². The van der Waals surface area contributed by atoms with Crippen LogP contribution in [-0.2, 0) is 25.4 Å². The van der Waals surface area contributed by atoms with Crippen molar-refractivity contribution in [3.05, 3.63) is 45.7 Å². The van der Waals surface area contributed by atoms with Gasteiger partial charge in [0.1, 0.15) is 0 Å². The molecule has 204 valence electrons. The Morgan fingerprint density at radius 2 is 1.46 bits per heavy atom. The number of hydrogen-bond acceptors (Lipinski definition) is 11. The van der Waals surface area contributed by atoms with E-state index in [0.29, 0.717) is 18.4 Å². The van der Waals surface area contributed by atoms with Crippen LogP contribution in [0.4, 0.5) is 4.39 Å². The first-order valence-corrected chi connectivity index (χ1v) is 12.4. The van der Waals surface area contributed by atoms with E-state index in [1.54, 1.807) is 20.0 Å². The number of aryl methyl sites for hydroxylation is 1. The standard InChI is InChI=1S/C12H15ClN2O3.C7H6ClFN2O2.C4H9NO/c1-2-18-11(16)10-9(5-14-12(13)15-10)4-3-8-6-17-7-8;1-2-13-6(12)5-4(9)3-10-7(8)11-5;5-1-4-2-6-3-4/h5,8H,2-4,6-7H2,1H3;3H,2H2,1H3;4H,1-3,5H2. The van der Waals surface area contributed by atoms with Crippen molar-refractivity contribution >= 4 is 35.1 Å². The van der Waals surface area contributed by atoms with Crippen LogP contribution >= 0.6 is 23.2 Å². The first kappa shape index (κ1) is 30.7. The molecule has 2 aliphatic rings. The first-order valence-electron chi connectivity index (χ1n) is 11.7. The third-order valence-corrected chi connectivity index (χ3v) is 5.42. The van der Waals surface area contributed by atoms with Gasteiger partial charge >= 0.3 is 11.9 Å². The van der Waals surface area contributed by atoms with Crippen LogP contribution < -0.4 is 5.73 Å². The van der Waals surface area contributed by atoms with Crippen molar-refractivity contribution < 1.29 is 32.9 Å². The number of carbonyl (C=O) groups excluding carboxylic acids is 2. The number of ether oxygens (including phenoxy) is 4. The fraction of sp³-hybridized carbons (Fsp3) is 0.565. The molecule has 0 unspecified atom stereocenters. The molecular formula is C23H30Cl2FN5O6. The third kappa shape index (κ3) is 10.4. The Kier molecular flexibility index (Phi) is 13.6.